The second-order valence-corrected chi connectivity index (χ2v) is 13.0. The van der Waals surface area contributed by atoms with Crippen LogP contribution in [0.25, 0.3) is 0 Å². The van der Waals surface area contributed by atoms with Crippen LogP contribution in [0.4, 0.5) is 0 Å². The van der Waals surface area contributed by atoms with E-state index in [-0.39, 0.29) is 12.5 Å². The predicted octanol–water partition coefficient (Wildman–Crippen LogP) is 11.5. The van der Waals surface area contributed by atoms with Crippen LogP contribution >= 0.6 is 0 Å². The molecule has 44 heavy (non-hydrogen) atoms. The zero-order chi connectivity index (χ0) is 32.2. The molecule has 0 aliphatic carbocycles. The van der Waals surface area contributed by atoms with Crippen molar-refractivity contribution >= 4 is 5.91 Å². The van der Waals surface area contributed by atoms with Crippen molar-refractivity contribution in [1.29, 1.82) is 0 Å². The number of nitrogens with one attached hydrogen (secondary N) is 1. The first kappa shape index (κ1) is 42.6. The van der Waals surface area contributed by atoms with Gasteiger partial charge >= 0.3 is 0 Å². The molecule has 2 unspecified atom stereocenters. The maximum atomic E-state index is 12.3. The van der Waals surface area contributed by atoms with Crippen molar-refractivity contribution in [2.45, 2.75) is 206 Å². The monoisotopic (exact) mass is 618 g/mol. The topological polar surface area (TPSA) is 69.6 Å². The normalized spacial score (nSPS) is 13.5. The Balaban J connectivity index is 3.56. The third-order valence-corrected chi connectivity index (χ3v) is 8.58. The fourth-order valence-corrected chi connectivity index (χ4v) is 5.63. The summed E-state index contributed by atoms with van der Waals surface area (Å²) in [4.78, 5) is 12.3. The first-order valence-electron chi connectivity index (χ1n) is 19.2. The van der Waals surface area contributed by atoms with Gasteiger partial charge in [0.1, 0.15) is 0 Å². The molecule has 0 aromatic heterocycles. The van der Waals surface area contributed by atoms with Crippen LogP contribution in [0.2, 0.25) is 0 Å². The minimum absolute atomic E-state index is 0.0785. The van der Waals surface area contributed by atoms with Gasteiger partial charge in [-0.15, -0.1) is 0 Å². The molecule has 0 spiro atoms. The van der Waals surface area contributed by atoms with Crippen molar-refractivity contribution in [2.75, 3.05) is 6.61 Å². The van der Waals surface area contributed by atoms with Crippen molar-refractivity contribution < 1.29 is 15.0 Å². The first-order chi connectivity index (χ1) is 21.7. The van der Waals surface area contributed by atoms with Crippen molar-refractivity contribution in [2.24, 2.45) is 0 Å². The number of aliphatic hydroxyl groups is 2. The molecule has 0 saturated heterocycles. The minimum Gasteiger partial charge on any atom is -0.394 e. The molecule has 0 radical (unpaired) electrons. The van der Waals surface area contributed by atoms with Gasteiger partial charge in [-0.1, -0.05) is 185 Å². The van der Waals surface area contributed by atoms with Gasteiger partial charge < -0.3 is 15.5 Å². The highest BCUT2D eigenvalue weighted by Crippen LogP contribution is 2.15. The lowest BCUT2D eigenvalue weighted by Crippen LogP contribution is -2.45. The lowest BCUT2D eigenvalue weighted by Gasteiger charge is -2.19. The van der Waals surface area contributed by atoms with Gasteiger partial charge in [-0.3, -0.25) is 4.79 Å². The molecule has 2 atom stereocenters. The Morgan fingerprint density at radius 1 is 0.523 bits per heavy atom. The van der Waals surface area contributed by atoms with E-state index in [0.29, 0.717) is 6.42 Å². The number of aliphatic hydroxyl groups excluding tert-OH is 2. The number of rotatable bonds is 34. The van der Waals surface area contributed by atoms with Crippen molar-refractivity contribution in [3.63, 3.8) is 0 Å². The lowest BCUT2D eigenvalue weighted by molar-refractivity contribution is -0.123. The smallest absolute Gasteiger partial charge is 0.220 e. The number of hydrogen-bond donors (Lipinski definition) is 3. The molecular formula is C40H75NO3. The number of carbonyl (C=O) groups excluding carboxylic acids is 1. The maximum Gasteiger partial charge on any atom is 0.220 e. The highest BCUT2D eigenvalue weighted by Gasteiger charge is 2.17. The molecule has 0 saturated carbocycles. The highest BCUT2D eigenvalue weighted by molar-refractivity contribution is 5.76. The second-order valence-electron chi connectivity index (χ2n) is 13.0. The van der Waals surface area contributed by atoms with Gasteiger partial charge in [0.05, 0.1) is 18.8 Å². The summed E-state index contributed by atoms with van der Waals surface area (Å²) in [5.41, 5.74) is 0. The van der Waals surface area contributed by atoms with Crippen LogP contribution in [0, 0.1) is 0 Å². The van der Waals surface area contributed by atoms with E-state index in [1.165, 1.54) is 128 Å². The molecule has 0 bridgehead atoms. The quantitative estimate of drug-likeness (QED) is 0.0497. The molecule has 0 aliphatic rings. The molecule has 258 valence electrons. The minimum atomic E-state index is -0.864. The molecule has 0 aromatic carbocycles. The molecular weight excluding hydrogens is 542 g/mol. The molecule has 4 heteroatoms. The van der Waals surface area contributed by atoms with E-state index in [0.717, 1.165) is 44.9 Å². The molecule has 0 rings (SSSR count). The van der Waals surface area contributed by atoms with Gasteiger partial charge in [-0.25, -0.2) is 0 Å². The summed E-state index contributed by atoms with van der Waals surface area (Å²) in [6, 6.07) is -0.640. The van der Waals surface area contributed by atoms with E-state index in [9.17, 15) is 15.0 Å². The van der Waals surface area contributed by atoms with E-state index >= 15 is 0 Å². The number of unbranched alkanes of at least 4 members (excludes halogenated alkanes) is 23. The Labute approximate surface area is 274 Å². The molecule has 0 fully saturated rings. The SMILES string of the molecule is CCC/C=C/CC/C=C/CC/C=C/C(O)C(CO)NC(=O)CCCCCCCCCCCCCCCCCCCCCCC. The van der Waals surface area contributed by atoms with E-state index in [1.807, 2.05) is 6.08 Å². The maximum absolute atomic E-state index is 12.3. The third kappa shape index (κ3) is 32.0. The van der Waals surface area contributed by atoms with E-state index in [4.69, 9.17) is 0 Å². The standard InChI is InChI=1S/C40H75NO3/c1-3-5-7-9-11-13-15-16-17-18-19-20-21-22-23-24-26-28-30-32-34-36-40(44)41-38(37-42)39(43)35-33-31-29-27-25-14-12-10-8-6-4-2/h8,10,25,27,33,35,38-39,42-43H,3-7,9,11-24,26,28-32,34,36-37H2,1-2H3,(H,41,44)/b10-8+,27-25+,35-33+. The molecule has 0 heterocycles. The Kier molecular flexibility index (Phi) is 34.9. The van der Waals surface area contributed by atoms with Crippen LogP contribution in [0.15, 0.2) is 36.5 Å². The summed E-state index contributed by atoms with van der Waals surface area (Å²) in [7, 11) is 0. The van der Waals surface area contributed by atoms with Crippen molar-refractivity contribution in [3.05, 3.63) is 36.5 Å². The van der Waals surface area contributed by atoms with Crippen molar-refractivity contribution in [1.82, 2.24) is 5.32 Å². The van der Waals surface area contributed by atoms with Gasteiger partial charge in [-0.05, 0) is 38.5 Å². The second kappa shape index (κ2) is 36.1. The Hall–Kier alpha value is -1.39. The number of allylic oxidation sites excluding steroid dienone is 5. The average Bonchev–Trinajstić information content (AvgIpc) is 3.03. The molecule has 4 nitrogen and oxygen atoms in total. The molecule has 0 aromatic rings. The van der Waals surface area contributed by atoms with Crippen molar-refractivity contribution in [3.8, 4) is 0 Å². The van der Waals surface area contributed by atoms with E-state index in [1.54, 1.807) is 6.08 Å². The summed E-state index contributed by atoms with van der Waals surface area (Å²) in [5.74, 6) is -0.0785. The Bertz CT molecular complexity index is 672. The lowest BCUT2D eigenvalue weighted by atomic mass is 10.0. The van der Waals surface area contributed by atoms with Gasteiger partial charge in [0.2, 0.25) is 5.91 Å². The van der Waals surface area contributed by atoms with Gasteiger partial charge in [0, 0.05) is 6.42 Å². The average molecular weight is 618 g/mol. The fourth-order valence-electron chi connectivity index (χ4n) is 5.63. The molecule has 0 aliphatic heterocycles. The first-order valence-corrected chi connectivity index (χ1v) is 19.2. The van der Waals surface area contributed by atoms with E-state index in [2.05, 4.69) is 43.5 Å². The Morgan fingerprint density at radius 2 is 0.886 bits per heavy atom. The summed E-state index contributed by atoms with van der Waals surface area (Å²) in [6.45, 7) is 4.22. The van der Waals surface area contributed by atoms with Crippen LogP contribution in [-0.4, -0.2) is 34.9 Å². The fraction of sp³-hybridized carbons (Fsp3) is 0.825. The zero-order valence-electron chi connectivity index (χ0n) is 29.4. The van der Waals surface area contributed by atoms with Crippen LogP contribution in [-0.2, 0) is 4.79 Å². The largest absolute Gasteiger partial charge is 0.394 e. The predicted molar refractivity (Wildman–Crippen MR) is 193 cm³/mol. The number of amides is 1. The summed E-state index contributed by atoms with van der Waals surface area (Å²) < 4.78 is 0. The van der Waals surface area contributed by atoms with Gasteiger partial charge in [0.15, 0.2) is 0 Å². The van der Waals surface area contributed by atoms with Crippen LogP contribution in [0.3, 0.4) is 0 Å². The number of carbonyl (C=O) groups is 1. The highest BCUT2D eigenvalue weighted by atomic mass is 16.3. The third-order valence-electron chi connectivity index (χ3n) is 8.58. The van der Waals surface area contributed by atoms with Gasteiger partial charge in [0.25, 0.3) is 0 Å². The number of hydrogen-bond acceptors (Lipinski definition) is 3. The summed E-state index contributed by atoms with van der Waals surface area (Å²) in [6.07, 6.45) is 46.7. The summed E-state index contributed by atoms with van der Waals surface area (Å²) in [5, 5.41) is 22.8. The Morgan fingerprint density at radius 3 is 1.27 bits per heavy atom. The van der Waals surface area contributed by atoms with Crippen LogP contribution in [0.5, 0.6) is 0 Å². The summed E-state index contributed by atoms with van der Waals surface area (Å²) >= 11 is 0. The van der Waals surface area contributed by atoms with Crippen LogP contribution < -0.4 is 5.32 Å². The van der Waals surface area contributed by atoms with Gasteiger partial charge in [-0.2, -0.15) is 0 Å². The molecule has 1 amide bonds. The van der Waals surface area contributed by atoms with Crippen LogP contribution in [0.1, 0.15) is 194 Å². The zero-order valence-corrected chi connectivity index (χ0v) is 29.4. The molecule has 3 N–H and O–H groups in total. The van der Waals surface area contributed by atoms with E-state index < -0.39 is 12.1 Å².